The van der Waals surface area contributed by atoms with E-state index < -0.39 is 18.0 Å². The normalized spacial score (nSPS) is 11.9. The van der Waals surface area contributed by atoms with Crippen LogP contribution in [-0.4, -0.2) is 24.6 Å². The molecule has 0 saturated carbocycles. The molecule has 4 nitrogen and oxygen atoms in total. The van der Waals surface area contributed by atoms with E-state index in [9.17, 15) is 9.59 Å². The molecule has 15 heavy (non-hydrogen) atoms. The molecule has 0 aliphatic carbocycles. The summed E-state index contributed by atoms with van der Waals surface area (Å²) in [5.74, 6) is -0.874. The zero-order chi connectivity index (χ0) is 11.7. The molecule has 0 spiro atoms. The smallest absolute Gasteiger partial charge is 0.347 e. The monoisotopic (exact) mass is 216 g/mol. The Labute approximate surface area is 90.9 Å². The molecule has 0 aliphatic heterocycles. The summed E-state index contributed by atoms with van der Waals surface area (Å²) < 4.78 is 9.85. The van der Waals surface area contributed by atoms with Gasteiger partial charge in [0.2, 0.25) is 0 Å². The van der Waals surface area contributed by atoms with Crippen LogP contribution in [0.1, 0.15) is 46.5 Å². The van der Waals surface area contributed by atoms with Crippen LogP contribution >= 0.6 is 0 Å². The summed E-state index contributed by atoms with van der Waals surface area (Å²) in [5, 5.41) is 0. The number of unbranched alkanes of at least 4 members (excludes halogenated alkanes) is 1. The van der Waals surface area contributed by atoms with E-state index in [-0.39, 0.29) is 0 Å². The van der Waals surface area contributed by atoms with Crippen LogP contribution < -0.4 is 0 Å². The summed E-state index contributed by atoms with van der Waals surface area (Å²) in [6.45, 7) is 5.64. The Balaban J connectivity index is 3.98. The third-order valence-electron chi connectivity index (χ3n) is 1.86. The zero-order valence-electron chi connectivity index (χ0n) is 9.75. The van der Waals surface area contributed by atoms with E-state index in [1.807, 2.05) is 13.8 Å². The largest absolute Gasteiger partial charge is 0.463 e. The molecule has 0 radical (unpaired) electrons. The molecular weight excluding hydrogens is 196 g/mol. The van der Waals surface area contributed by atoms with Crippen molar-refractivity contribution >= 4 is 11.9 Å². The molecule has 0 aliphatic rings. The van der Waals surface area contributed by atoms with E-state index in [4.69, 9.17) is 9.47 Å². The maximum absolute atomic E-state index is 11.4. The molecule has 0 N–H and O–H groups in total. The van der Waals surface area contributed by atoms with Gasteiger partial charge in [0.15, 0.2) is 6.10 Å². The fraction of sp³-hybridized carbons (Fsp3) is 0.818. The lowest BCUT2D eigenvalue weighted by Gasteiger charge is -2.14. The Morgan fingerprint density at radius 1 is 1.20 bits per heavy atom. The average molecular weight is 216 g/mol. The van der Waals surface area contributed by atoms with E-state index in [2.05, 4.69) is 0 Å². The van der Waals surface area contributed by atoms with Crippen LogP contribution in [0.15, 0.2) is 0 Å². The second kappa shape index (κ2) is 8.26. The summed E-state index contributed by atoms with van der Waals surface area (Å²) >= 11 is 0. The first-order valence-corrected chi connectivity index (χ1v) is 5.45. The van der Waals surface area contributed by atoms with Gasteiger partial charge in [-0.25, -0.2) is 4.79 Å². The second-order valence-electron chi connectivity index (χ2n) is 3.41. The molecule has 0 amide bonds. The lowest BCUT2D eigenvalue weighted by Crippen LogP contribution is -2.28. The van der Waals surface area contributed by atoms with E-state index in [1.165, 1.54) is 6.92 Å². The first-order chi connectivity index (χ1) is 7.11. The highest BCUT2D eigenvalue weighted by molar-refractivity contribution is 5.78. The van der Waals surface area contributed by atoms with Crippen molar-refractivity contribution in [2.75, 3.05) is 6.61 Å². The van der Waals surface area contributed by atoms with Crippen molar-refractivity contribution in [3.8, 4) is 0 Å². The van der Waals surface area contributed by atoms with Crippen molar-refractivity contribution in [3.63, 3.8) is 0 Å². The highest BCUT2D eigenvalue weighted by Crippen LogP contribution is 2.05. The number of hydrogen-bond donors (Lipinski definition) is 0. The Morgan fingerprint density at radius 2 is 1.87 bits per heavy atom. The van der Waals surface area contributed by atoms with Crippen LogP contribution in [0.2, 0.25) is 0 Å². The van der Waals surface area contributed by atoms with Gasteiger partial charge in [0.1, 0.15) is 0 Å². The van der Waals surface area contributed by atoms with Crippen molar-refractivity contribution in [3.05, 3.63) is 0 Å². The van der Waals surface area contributed by atoms with E-state index >= 15 is 0 Å². The average Bonchev–Trinajstić information content (AvgIpc) is 2.17. The minimum Gasteiger partial charge on any atom is -0.463 e. The topological polar surface area (TPSA) is 52.6 Å². The summed E-state index contributed by atoms with van der Waals surface area (Å²) in [7, 11) is 0. The summed E-state index contributed by atoms with van der Waals surface area (Å²) in [5.41, 5.74) is 0. The molecule has 0 heterocycles. The lowest BCUT2D eigenvalue weighted by molar-refractivity contribution is -0.167. The van der Waals surface area contributed by atoms with Gasteiger partial charge in [-0.2, -0.15) is 0 Å². The first-order valence-electron chi connectivity index (χ1n) is 5.45. The molecule has 0 saturated heterocycles. The van der Waals surface area contributed by atoms with Gasteiger partial charge in [0, 0.05) is 6.92 Å². The summed E-state index contributed by atoms with van der Waals surface area (Å²) in [4.78, 5) is 22.2. The molecule has 0 aromatic carbocycles. The first kappa shape index (κ1) is 13.9. The van der Waals surface area contributed by atoms with Gasteiger partial charge in [-0.3, -0.25) is 4.79 Å². The Morgan fingerprint density at radius 3 is 2.33 bits per heavy atom. The highest BCUT2D eigenvalue weighted by atomic mass is 16.6. The number of carbonyl (C=O) groups is 2. The van der Waals surface area contributed by atoms with Gasteiger partial charge >= 0.3 is 11.9 Å². The van der Waals surface area contributed by atoms with Crippen molar-refractivity contribution in [1.29, 1.82) is 0 Å². The Kier molecular flexibility index (Phi) is 7.68. The van der Waals surface area contributed by atoms with Crippen LogP contribution in [-0.2, 0) is 19.1 Å². The molecular formula is C11H20O4. The number of ether oxygens (including phenoxy) is 2. The van der Waals surface area contributed by atoms with Crippen molar-refractivity contribution in [1.82, 2.24) is 0 Å². The van der Waals surface area contributed by atoms with Crippen LogP contribution in [0.25, 0.3) is 0 Å². The quantitative estimate of drug-likeness (QED) is 0.483. The SMILES string of the molecule is CCCCOC(=O)C(CCC)OC(C)=O. The van der Waals surface area contributed by atoms with Crippen LogP contribution in [0.3, 0.4) is 0 Å². The fourth-order valence-electron chi connectivity index (χ4n) is 1.10. The van der Waals surface area contributed by atoms with E-state index in [0.717, 1.165) is 19.3 Å². The lowest BCUT2D eigenvalue weighted by atomic mass is 10.2. The van der Waals surface area contributed by atoms with Crippen LogP contribution in [0.5, 0.6) is 0 Å². The van der Waals surface area contributed by atoms with Crippen molar-refractivity contribution in [2.24, 2.45) is 0 Å². The molecule has 4 heteroatoms. The fourth-order valence-corrected chi connectivity index (χ4v) is 1.10. The molecule has 88 valence electrons. The number of rotatable bonds is 7. The zero-order valence-corrected chi connectivity index (χ0v) is 9.75. The molecule has 0 bridgehead atoms. The Bertz CT molecular complexity index is 201. The second-order valence-corrected chi connectivity index (χ2v) is 3.41. The number of carbonyl (C=O) groups excluding carboxylic acids is 2. The third kappa shape index (κ3) is 6.94. The summed E-state index contributed by atoms with van der Waals surface area (Å²) in [6.07, 6.45) is 2.37. The number of esters is 2. The maximum Gasteiger partial charge on any atom is 0.347 e. The highest BCUT2D eigenvalue weighted by Gasteiger charge is 2.21. The van der Waals surface area contributed by atoms with Crippen LogP contribution in [0.4, 0.5) is 0 Å². The minimum atomic E-state index is -0.732. The van der Waals surface area contributed by atoms with Crippen molar-refractivity contribution < 1.29 is 19.1 Å². The maximum atomic E-state index is 11.4. The van der Waals surface area contributed by atoms with E-state index in [1.54, 1.807) is 0 Å². The van der Waals surface area contributed by atoms with Gasteiger partial charge < -0.3 is 9.47 Å². The third-order valence-corrected chi connectivity index (χ3v) is 1.86. The molecule has 0 rings (SSSR count). The standard InChI is InChI=1S/C11H20O4/c1-4-6-8-14-11(13)10(7-5-2)15-9(3)12/h10H,4-8H2,1-3H3. The predicted octanol–water partition coefficient (Wildman–Crippen LogP) is 2.06. The van der Waals surface area contributed by atoms with Gasteiger partial charge in [0.25, 0.3) is 0 Å². The van der Waals surface area contributed by atoms with Crippen LogP contribution in [0, 0.1) is 0 Å². The van der Waals surface area contributed by atoms with Gasteiger partial charge in [-0.1, -0.05) is 26.7 Å². The van der Waals surface area contributed by atoms with Gasteiger partial charge in [-0.05, 0) is 12.8 Å². The molecule has 0 aromatic rings. The molecule has 0 fully saturated rings. The Hall–Kier alpha value is -1.06. The van der Waals surface area contributed by atoms with Crippen molar-refractivity contribution in [2.45, 2.75) is 52.6 Å². The summed E-state index contributed by atoms with van der Waals surface area (Å²) in [6, 6.07) is 0. The van der Waals surface area contributed by atoms with Gasteiger partial charge in [-0.15, -0.1) is 0 Å². The molecule has 0 aromatic heterocycles. The number of hydrogen-bond acceptors (Lipinski definition) is 4. The predicted molar refractivity (Wildman–Crippen MR) is 56.3 cm³/mol. The molecule has 1 unspecified atom stereocenters. The van der Waals surface area contributed by atoms with E-state index in [0.29, 0.717) is 13.0 Å². The minimum absolute atomic E-state index is 0.400. The van der Waals surface area contributed by atoms with Gasteiger partial charge in [0.05, 0.1) is 6.61 Å². The molecule has 1 atom stereocenters.